The SMILES string of the molecule is C=C(CCNS(=O)(=O)CC1CC(F)(F)C1)n1cnc2cnc3[nH]ccc3c21. The summed E-state index contributed by atoms with van der Waals surface area (Å²) in [6.07, 6.45) is 4.72. The lowest BCUT2D eigenvalue weighted by atomic mass is 9.83. The maximum atomic E-state index is 12.9. The van der Waals surface area contributed by atoms with Gasteiger partial charge in [0.05, 0.1) is 17.5 Å². The first-order valence-electron chi connectivity index (χ1n) is 8.56. The highest BCUT2D eigenvalue weighted by molar-refractivity contribution is 7.89. The summed E-state index contributed by atoms with van der Waals surface area (Å²) in [7, 11) is -3.59. The standard InChI is InChI=1S/C17H19F2N5O2S/c1-11(2-5-23-27(25,26)9-12-6-17(18,19)7-12)24-10-22-14-8-21-16-13(15(14)24)3-4-20-16/h3-4,8,10,12,23H,1-2,5-7,9H2,(H,20,21). The molecule has 0 radical (unpaired) electrons. The molecule has 0 saturated heterocycles. The van der Waals surface area contributed by atoms with Gasteiger partial charge in [-0.1, -0.05) is 6.58 Å². The van der Waals surface area contributed by atoms with E-state index in [0.29, 0.717) is 12.1 Å². The number of nitrogens with zero attached hydrogens (tertiary/aromatic N) is 3. The second kappa shape index (κ2) is 6.38. The maximum absolute atomic E-state index is 12.9. The van der Waals surface area contributed by atoms with Gasteiger partial charge >= 0.3 is 0 Å². The van der Waals surface area contributed by atoms with E-state index in [2.05, 4.69) is 26.3 Å². The summed E-state index contributed by atoms with van der Waals surface area (Å²) >= 11 is 0. The van der Waals surface area contributed by atoms with Gasteiger partial charge in [0.15, 0.2) is 0 Å². The molecular formula is C17H19F2N5O2S. The highest BCUT2D eigenvalue weighted by atomic mass is 32.2. The molecule has 1 aliphatic carbocycles. The molecule has 2 N–H and O–H groups in total. The molecule has 0 amide bonds. The van der Waals surface area contributed by atoms with Crippen LogP contribution >= 0.6 is 0 Å². The molecule has 144 valence electrons. The number of alkyl halides is 2. The van der Waals surface area contributed by atoms with Crippen molar-refractivity contribution in [3.8, 4) is 0 Å². The molecule has 10 heteroatoms. The highest BCUT2D eigenvalue weighted by Crippen LogP contribution is 2.42. The summed E-state index contributed by atoms with van der Waals surface area (Å²) in [5, 5.41) is 0.901. The number of fused-ring (bicyclic) bond motifs is 3. The fourth-order valence-electron chi connectivity index (χ4n) is 3.49. The molecule has 0 spiro atoms. The van der Waals surface area contributed by atoms with Crippen LogP contribution in [-0.4, -0.2) is 46.2 Å². The lowest BCUT2D eigenvalue weighted by Crippen LogP contribution is -2.42. The first-order valence-corrected chi connectivity index (χ1v) is 10.2. The lowest BCUT2D eigenvalue weighted by molar-refractivity contribution is -0.103. The maximum Gasteiger partial charge on any atom is 0.248 e. The van der Waals surface area contributed by atoms with E-state index in [4.69, 9.17) is 0 Å². The predicted octanol–water partition coefficient (Wildman–Crippen LogP) is 2.74. The minimum Gasteiger partial charge on any atom is -0.346 e. The van der Waals surface area contributed by atoms with Crippen molar-refractivity contribution in [1.82, 2.24) is 24.2 Å². The normalized spacial score (nSPS) is 17.4. The van der Waals surface area contributed by atoms with Gasteiger partial charge in [0.25, 0.3) is 0 Å². The monoisotopic (exact) mass is 395 g/mol. The molecule has 0 atom stereocenters. The Hall–Kier alpha value is -2.33. The van der Waals surface area contributed by atoms with Crippen LogP contribution in [0.5, 0.6) is 0 Å². The van der Waals surface area contributed by atoms with Crippen molar-refractivity contribution >= 4 is 37.8 Å². The molecule has 0 aliphatic heterocycles. The van der Waals surface area contributed by atoms with E-state index in [9.17, 15) is 17.2 Å². The van der Waals surface area contributed by atoms with Crippen molar-refractivity contribution in [2.75, 3.05) is 12.3 Å². The van der Waals surface area contributed by atoms with Gasteiger partial charge in [0, 0.05) is 43.1 Å². The van der Waals surface area contributed by atoms with Crippen molar-refractivity contribution < 1.29 is 17.2 Å². The van der Waals surface area contributed by atoms with Crippen LogP contribution in [0, 0.1) is 5.92 Å². The number of rotatable bonds is 7. The smallest absolute Gasteiger partial charge is 0.248 e. The van der Waals surface area contributed by atoms with E-state index in [1.54, 1.807) is 18.7 Å². The van der Waals surface area contributed by atoms with Crippen LogP contribution in [0.2, 0.25) is 0 Å². The van der Waals surface area contributed by atoms with Crippen molar-refractivity contribution in [3.63, 3.8) is 0 Å². The van der Waals surface area contributed by atoms with Crippen LogP contribution in [0.3, 0.4) is 0 Å². The number of hydrogen-bond acceptors (Lipinski definition) is 4. The van der Waals surface area contributed by atoms with Crippen molar-refractivity contribution in [2.24, 2.45) is 5.92 Å². The number of sulfonamides is 1. The number of hydrogen-bond donors (Lipinski definition) is 2. The Labute approximate surface area is 154 Å². The van der Waals surface area contributed by atoms with Gasteiger partial charge in [-0.25, -0.2) is 31.9 Å². The predicted molar refractivity (Wildman–Crippen MR) is 98.8 cm³/mol. The van der Waals surface area contributed by atoms with Crippen LogP contribution in [0.1, 0.15) is 19.3 Å². The summed E-state index contributed by atoms with van der Waals surface area (Å²) in [5.41, 5.74) is 2.97. The Bertz CT molecular complexity index is 1110. The molecule has 3 heterocycles. The number of pyridine rings is 1. The second-order valence-electron chi connectivity index (χ2n) is 6.97. The zero-order valence-corrected chi connectivity index (χ0v) is 15.3. The van der Waals surface area contributed by atoms with E-state index in [0.717, 1.165) is 22.1 Å². The number of halogens is 2. The first-order chi connectivity index (χ1) is 12.7. The highest BCUT2D eigenvalue weighted by Gasteiger charge is 2.46. The molecule has 3 aromatic heterocycles. The van der Waals surface area contributed by atoms with Gasteiger partial charge in [-0.05, 0) is 12.0 Å². The number of aromatic amines is 1. The van der Waals surface area contributed by atoms with Crippen molar-refractivity contribution in [1.29, 1.82) is 0 Å². The minimum absolute atomic E-state index is 0.144. The summed E-state index contributed by atoms with van der Waals surface area (Å²) < 4.78 is 54.1. The van der Waals surface area contributed by atoms with E-state index in [1.807, 2.05) is 10.6 Å². The quantitative estimate of drug-likeness (QED) is 0.643. The Kier molecular flexibility index (Phi) is 4.26. The summed E-state index contributed by atoms with van der Waals surface area (Å²) in [5.74, 6) is -3.46. The van der Waals surface area contributed by atoms with E-state index in [1.165, 1.54) is 0 Å². The summed E-state index contributed by atoms with van der Waals surface area (Å²) in [6.45, 7) is 4.17. The molecule has 1 saturated carbocycles. The third kappa shape index (κ3) is 3.59. The molecule has 0 bridgehead atoms. The van der Waals surface area contributed by atoms with Crippen LogP contribution in [-0.2, 0) is 10.0 Å². The number of imidazole rings is 1. The lowest BCUT2D eigenvalue weighted by Gasteiger charge is -2.34. The van der Waals surface area contributed by atoms with E-state index < -0.39 is 21.9 Å². The Morgan fingerprint density at radius 1 is 1.41 bits per heavy atom. The molecule has 3 aromatic rings. The van der Waals surface area contributed by atoms with E-state index in [-0.39, 0.29) is 25.1 Å². The average Bonchev–Trinajstić information content (AvgIpc) is 3.18. The second-order valence-corrected chi connectivity index (χ2v) is 8.82. The third-order valence-electron chi connectivity index (χ3n) is 4.80. The molecule has 4 rings (SSSR count). The van der Waals surface area contributed by atoms with Crippen LogP contribution in [0.4, 0.5) is 8.78 Å². The number of nitrogens with one attached hydrogen (secondary N) is 2. The van der Waals surface area contributed by atoms with Crippen LogP contribution in [0.25, 0.3) is 27.8 Å². The Morgan fingerprint density at radius 2 is 2.19 bits per heavy atom. The van der Waals surface area contributed by atoms with Crippen LogP contribution < -0.4 is 4.72 Å². The molecular weight excluding hydrogens is 376 g/mol. The molecule has 1 fully saturated rings. The fraction of sp³-hybridized carbons (Fsp3) is 0.412. The van der Waals surface area contributed by atoms with E-state index >= 15 is 0 Å². The molecule has 0 aromatic carbocycles. The average molecular weight is 395 g/mol. The minimum atomic E-state index is -3.59. The zero-order valence-electron chi connectivity index (χ0n) is 14.5. The number of aromatic nitrogens is 4. The topological polar surface area (TPSA) is 92.7 Å². The van der Waals surface area contributed by atoms with Gasteiger partial charge in [0.1, 0.15) is 17.5 Å². The zero-order chi connectivity index (χ0) is 19.2. The Balaban J connectivity index is 1.40. The van der Waals surface area contributed by atoms with Gasteiger partial charge < -0.3 is 9.55 Å². The Morgan fingerprint density at radius 3 is 2.93 bits per heavy atom. The van der Waals surface area contributed by atoms with Gasteiger partial charge in [-0.2, -0.15) is 0 Å². The fourth-order valence-corrected chi connectivity index (χ4v) is 4.88. The first kappa shape index (κ1) is 18.1. The van der Waals surface area contributed by atoms with Crippen LogP contribution in [0.15, 0.2) is 31.4 Å². The van der Waals surface area contributed by atoms with Crippen molar-refractivity contribution in [2.45, 2.75) is 25.2 Å². The molecule has 0 unspecified atom stereocenters. The summed E-state index contributed by atoms with van der Waals surface area (Å²) in [4.78, 5) is 11.6. The van der Waals surface area contributed by atoms with Gasteiger partial charge in [0.2, 0.25) is 15.9 Å². The third-order valence-corrected chi connectivity index (χ3v) is 6.35. The molecule has 7 nitrogen and oxygen atoms in total. The largest absolute Gasteiger partial charge is 0.346 e. The number of H-pyrrole nitrogens is 1. The van der Waals surface area contributed by atoms with Crippen molar-refractivity contribution in [3.05, 3.63) is 31.4 Å². The van der Waals surface area contributed by atoms with Gasteiger partial charge in [-0.15, -0.1) is 0 Å². The molecule has 1 aliphatic rings. The summed E-state index contributed by atoms with van der Waals surface area (Å²) in [6, 6.07) is 1.90. The van der Waals surface area contributed by atoms with Gasteiger partial charge in [-0.3, -0.25) is 0 Å². The molecule has 27 heavy (non-hydrogen) atoms.